The van der Waals surface area contributed by atoms with Crippen molar-refractivity contribution in [2.24, 2.45) is 5.41 Å². The predicted octanol–water partition coefficient (Wildman–Crippen LogP) is 6.66. The zero-order valence-electron chi connectivity index (χ0n) is 22.9. The fraction of sp³-hybridized carbons (Fsp3) is 0.593. The van der Waals surface area contributed by atoms with E-state index < -0.39 is 0 Å². The summed E-state index contributed by atoms with van der Waals surface area (Å²) in [7, 11) is 1.96. The molecule has 194 valence electrons. The van der Waals surface area contributed by atoms with E-state index in [0.717, 1.165) is 37.9 Å². The standard InChI is InChI=1S/C12H14N2S.C11H19NO2.2C2H6.H3N/c1-9-12(15-8-14-9)11-5-3-10(4-6-11)7-13-2;1-11(2,3)7-10(14)12-6-4-5-9(12)8-13;2*1-2;/h3-6,8,13H,7H2,1-2H3;8-9H,4-7H2,1-3H3;2*1-2H3;1H3. The van der Waals surface area contributed by atoms with E-state index >= 15 is 0 Å². The van der Waals surface area contributed by atoms with Crippen LogP contribution in [0.25, 0.3) is 10.4 Å². The molecule has 4 N–H and O–H groups in total. The van der Waals surface area contributed by atoms with E-state index in [1.54, 1.807) is 16.2 Å². The Morgan fingerprint density at radius 1 is 1.18 bits per heavy atom. The molecule has 1 aliphatic rings. The third kappa shape index (κ3) is 11.9. The van der Waals surface area contributed by atoms with Crippen molar-refractivity contribution in [1.82, 2.24) is 21.4 Å². The van der Waals surface area contributed by atoms with E-state index in [-0.39, 0.29) is 23.5 Å². The number of amides is 1. The number of thiazole rings is 1. The van der Waals surface area contributed by atoms with Gasteiger partial charge in [-0.25, -0.2) is 4.98 Å². The molecule has 2 heterocycles. The molecule has 6 nitrogen and oxygen atoms in total. The van der Waals surface area contributed by atoms with Crippen molar-refractivity contribution in [3.8, 4) is 10.4 Å². The number of benzene rings is 1. The third-order valence-corrected chi connectivity index (χ3v) is 5.78. The Bertz CT molecular complexity index is 798. The lowest BCUT2D eigenvalue weighted by Gasteiger charge is -2.25. The maximum Gasteiger partial charge on any atom is 0.223 e. The number of hydrogen-bond acceptors (Lipinski definition) is 6. The van der Waals surface area contributed by atoms with Gasteiger partial charge < -0.3 is 21.2 Å². The Morgan fingerprint density at radius 3 is 2.21 bits per heavy atom. The van der Waals surface area contributed by atoms with Crippen LogP contribution in [0.3, 0.4) is 0 Å². The Labute approximate surface area is 212 Å². The van der Waals surface area contributed by atoms with Gasteiger partial charge in [-0.05, 0) is 43.4 Å². The highest BCUT2D eigenvalue weighted by Crippen LogP contribution is 2.27. The first kappa shape index (κ1) is 34.1. The van der Waals surface area contributed by atoms with Crippen LogP contribution in [0.1, 0.15) is 79.0 Å². The van der Waals surface area contributed by atoms with Crippen LogP contribution in [0.2, 0.25) is 0 Å². The molecule has 0 spiro atoms. The number of carbonyl (C=O) groups is 2. The van der Waals surface area contributed by atoms with Gasteiger partial charge in [0.25, 0.3) is 0 Å². The molecule has 1 atom stereocenters. The summed E-state index contributed by atoms with van der Waals surface area (Å²) >= 11 is 1.70. The molecule has 1 aromatic heterocycles. The quantitative estimate of drug-likeness (QED) is 0.455. The average molecular weight is 493 g/mol. The molecular formula is C27H48N4O2S. The zero-order chi connectivity index (χ0) is 25.4. The van der Waals surface area contributed by atoms with Crippen molar-refractivity contribution in [1.29, 1.82) is 0 Å². The second-order valence-corrected chi connectivity index (χ2v) is 9.52. The molecule has 0 radical (unpaired) electrons. The van der Waals surface area contributed by atoms with Gasteiger partial charge in [0, 0.05) is 19.5 Å². The van der Waals surface area contributed by atoms with Gasteiger partial charge in [0.1, 0.15) is 6.29 Å². The minimum Gasteiger partial charge on any atom is -0.344 e. The van der Waals surface area contributed by atoms with Gasteiger partial charge in [0.15, 0.2) is 0 Å². The molecule has 0 saturated carbocycles. The van der Waals surface area contributed by atoms with E-state index in [1.807, 2.05) is 67.9 Å². The van der Waals surface area contributed by atoms with Crippen LogP contribution in [-0.2, 0) is 16.1 Å². The molecule has 1 fully saturated rings. The van der Waals surface area contributed by atoms with Crippen molar-refractivity contribution in [2.45, 2.75) is 87.2 Å². The summed E-state index contributed by atoms with van der Waals surface area (Å²) in [6.45, 7) is 17.8. The number of rotatable bonds is 5. The highest BCUT2D eigenvalue weighted by Gasteiger charge is 2.30. The van der Waals surface area contributed by atoms with Crippen LogP contribution in [0, 0.1) is 12.3 Å². The monoisotopic (exact) mass is 492 g/mol. The molecule has 7 heteroatoms. The molecule has 1 unspecified atom stereocenters. The molecule has 3 rings (SSSR count). The van der Waals surface area contributed by atoms with E-state index in [4.69, 9.17) is 0 Å². The number of nitrogens with one attached hydrogen (secondary N) is 1. The van der Waals surface area contributed by atoms with Crippen LogP contribution in [0.15, 0.2) is 29.8 Å². The molecule has 1 aliphatic heterocycles. The summed E-state index contributed by atoms with van der Waals surface area (Å²) in [5, 5.41) is 3.14. The maximum atomic E-state index is 11.8. The number of carbonyl (C=O) groups excluding carboxylic acids is 2. The number of aromatic nitrogens is 1. The highest BCUT2D eigenvalue weighted by molar-refractivity contribution is 7.13. The lowest BCUT2D eigenvalue weighted by atomic mass is 9.91. The van der Waals surface area contributed by atoms with Gasteiger partial charge in [-0.2, -0.15) is 0 Å². The highest BCUT2D eigenvalue weighted by atomic mass is 32.1. The fourth-order valence-electron chi connectivity index (χ4n) is 3.36. The van der Waals surface area contributed by atoms with Gasteiger partial charge in [0.2, 0.25) is 5.91 Å². The molecule has 1 saturated heterocycles. The van der Waals surface area contributed by atoms with Crippen molar-refractivity contribution >= 4 is 23.5 Å². The van der Waals surface area contributed by atoms with E-state index in [1.165, 1.54) is 16.0 Å². The van der Waals surface area contributed by atoms with Gasteiger partial charge in [-0.15, -0.1) is 11.3 Å². The fourth-order valence-corrected chi connectivity index (χ4v) is 4.17. The van der Waals surface area contributed by atoms with Crippen molar-refractivity contribution in [3.05, 3.63) is 41.0 Å². The summed E-state index contributed by atoms with van der Waals surface area (Å²) in [6.07, 6.45) is 3.21. The lowest BCUT2D eigenvalue weighted by molar-refractivity contribution is -0.136. The summed E-state index contributed by atoms with van der Waals surface area (Å²) in [5.41, 5.74) is 5.58. The maximum absolute atomic E-state index is 11.8. The van der Waals surface area contributed by atoms with E-state index in [9.17, 15) is 9.59 Å². The number of aryl methyl sites for hydroxylation is 1. The zero-order valence-corrected chi connectivity index (χ0v) is 23.7. The summed E-state index contributed by atoms with van der Waals surface area (Å²) in [5.74, 6) is 0.118. The topological polar surface area (TPSA) is 97.3 Å². The normalized spacial score (nSPS) is 14.3. The molecular weight excluding hydrogens is 444 g/mol. The smallest absolute Gasteiger partial charge is 0.223 e. The first-order valence-electron chi connectivity index (χ1n) is 12.1. The molecule has 0 aliphatic carbocycles. The number of hydrogen-bond donors (Lipinski definition) is 2. The molecule has 1 amide bonds. The minimum absolute atomic E-state index is 0. The largest absolute Gasteiger partial charge is 0.344 e. The second-order valence-electron chi connectivity index (χ2n) is 8.66. The van der Waals surface area contributed by atoms with Crippen molar-refractivity contribution < 1.29 is 9.59 Å². The first-order chi connectivity index (χ1) is 15.7. The Morgan fingerprint density at radius 2 is 1.76 bits per heavy atom. The Hall–Kier alpha value is -2.09. The van der Waals surface area contributed by atoms with Gasteiger partial charge in [-0.1, -0.05) is 72.7 Å². The van der Waals surface area contributed by atoms with Crippen LogP contribution in [0.5, 0.6) is 0 Å². The third-order valence-electron chi connectivity index (χ3n) is 4.80. The van der Waals surface area contributed by atoms with Gasteiger partial charge in [-0.3, -0.25) is 4.79 Å². The molecule has 2 aromatic rings. The SMILES string of the molecule is CC.CC.CC(C)(C)CC(=O)N1CCCC1C=O.CNCc1ccc(-c2scnc2C)cc1.N. The molecule has 34 heavy (non-hydrogen) atoms. The Balaban J connectivity index is 0. The summed E-state index contributed by atoms with van der Waals surface area (Å²) < 4.78 is 0. The Kier molecular flexibility index (Phi) is 18.3. The van der Waals surface area contributed by atoms with Crippen LogP contribution >= 0.6 is 11.3 Å². The number of likely N-dealkylation sites (tertiary alicyclic amines) is 1. The predicted molar refractivity (Wildman–Crippen MR) is 148 cm³/mol. The van der Waals surface area contributed by atoms with Crippen molar-refractivity contribution in [2.75, 3.05) is 13.6 Å². The second kappa shape index (κ2) is 18.3. The minimum atomic E-state index is -0.162. The van der Waals surface area contributed by atoms with Crippen LogP contribution in [0.4, 0.5) is 0 Å². The average Bonchev–Trinajstić information content (AvgIpc) is 3.45. The molecule has 0 bridgehead atoms. The van der Waals surface area contributed by atoms with Crippen LogP contribution < -0.4 is 11.5 Å². The van der Waals surface area contributed by atoms with Gasteiger partial charge in [0.05, 0.1) is 22.1 Å². The number of nitrogens with zero attached hydrogens (tertiary/aromatic N) is 2. The van der Waals surface area contributed by atoms with Crippen LogP contribution in [-0.4, -0.2) is 41.7 Å². The summed E-state index contributed by atoms with van der Waals surface area (Å²) in [4.78, 5) is 29.7. The first-order valence-corrected chi connectivity index (χ1v) is 13.0. The van der Waals surface area contributed by atoms with E-state index in [0.29, 0.717) is 6.42 Å². The van der Waals surface area contributed by atoms with Gasteiger partial charge >= 0.3 is 0 Å². The molecule has 1 aromatic carbocycles. The lowest BCUT2D eigenvalue weighted by Crippen LogP contribution is -2.38. The summed E-state index contributed by atoms with van der Waals surface area (Å²) in [6, 6.07) is 8.47. The number of aldehydes is 1. The van der Waals surface area contributed by atoms with Crippen molar-refractivity contribution in [3.63, 3.8) is 0 Å². The van der Waals surface area contributed by atoms with E-state index in [2.05, 4.69) is 34.6 Å².